The molecule has 2 aromatic carbocycles. The highest BCUT2D eigenvalue weighted by molar-refractivity contribution is 6.03. The van der Waals surface area contributed by atoms with Gasteiger partial charge in [-0.05, 0) is 66.4 Å². The van der Waals surface area contributed by atoms with Crippen molar-refractivity contribution < 1.29 is 42.9 Å². The van der Waals surface area contributed by atoms with Crippen LogP contribution < -0.4 is 0 Å². The summed E-state index contributed by atoms with van der Waals surface area (Å²) in [6.45, 7) is 14.4. The molecule has 248 valence electrons. The lowest BCUT2D eigenvalue weighted by atomic mass is 9.76. The molecule has 47 heavy (non-hydrogen) atoms. The van der Waals surface area contributed by atoms with Crippen LogP contribution in [0.15, 0.2) is 84.5 Å². The molecule has 3 aliphatic rings. The van der Waals surface area contributed by atoms with Crippen LogP contribution in [0, 0.1) is 29.1 Å². The van der Waals surface area contributed by atoms with E-state index in [4.69, 9.17) is 18.9 Å². The number of ketones is 1. The number of esters is 4. The van der Waals surface area contributed by atoms with Crippen LogP contribution >= 0.6 is 0 Å². The minimum absolute atomic E-state index is 0.00893. The summed E-state index contributed by atoms with van der Waals surface area (Å²) < 4.78 is 24.3. The first-order valence-electron chi connectivity index (χ1n) is 16.0. The van der Waals surface area contributed by atoms with E-state index in [-0.39, 0.29) is 34.8 Å². The van der Waals surface area contributed by atoms with Crippen molar-refractivity contribution in [3.63, 3.8) is 0 Å². The van der Waals surface area contributed by atoms with Gasteiger partial charge in [0.15, 0.2) is 5.60 Å². The van der Waals surface area contributed by atoms with Gasteiger partial charge in [-0.25, -0.2) is 9.59 Å². The van der Waals surface area contributed by atoms with Crippen molar-refractivity contribution in [2.24, 2.45) is 29.1 Å². The van der Waals surface area contributed by atoms with E-state index in [0.29, 0.717) is 17.6 Å². The topological polar surface area (TPSA) is 122 Å². The molecular weight excluding hydrogens is 600 g/mol. The van der Waals surface area contributed by atoms with Gasteiger partial charge in [0.1, 0.15) is 18.3 Å². The average molecular weight is 643 g/mol. The predicted octanol–water partition coefficient (Wildman–Crippen LogP) is 6.07. The highest BCUT2D eigenvalue weighted by Gasteiger charge is 2.66. The fraction of sp³-hybridized carbons (Fsp3) is 0.447. The quantitative estimate of drug-likeness (QED) is 0.210. The zero-order chi connectivity index (χ0) is 34.3. The molecule has 0 saturated heterocycles. The Hall–Kier alpha value is -4.53. The number of fused-ring (bicyclic) bond motifs is 2. The molecule has 9 heteroatoms. The summed E-state index contributed by atoms with van der Waals surface area (Å²) in [6.07, 6.45) is -1.13. The van der Waals surface area contributed by atoms with Gasteiger partial charge in [-0.1, -0.05) is 69.8 Å². The number of ether oxygens (including phenoxy) is 4. The molecule has 5 rings (SSSR count). The van der Waals surface area contributed by atoms with Crippen LogP contribution in [0.1, 0.15) is 75.1 Å². The summed E-state index contributed by atoms with van der Waals surface area (Å²) in [7, 11) is 0. The largest absolute Gasteiger partial charge is 0.458 e. The molecule has 0 bridgehead atoms. The number of allylic oxidation sites excluding steroid dienone is 1. The number of benzene rings is 2. The Morgan fingerprint density at radius 2 is 1.38 bits per heavy atom. The van der Waals surface area contributed by atoms with E-state index in [9.17, 15) is 24.0 Å². The summed E-state index contributed by atoms with van der Waals surface area (Å²) in [6, 6.07) is 16.9. The van der Waals surface area contributed by atoms with Crippen molar-refractivity contribution >= 4 is 29.7 Å². The van der Waals surface area contributed by atoms with Gasteiger partial charge in [-0.15, -0.1) is 0 Å². The van der Waals surface area contributed by atoms with E-state index in [1.54, 1.807) is 74.5 Å². The SMILES string of the molecule is C=C1[C@H](OC(=O)c2ccccc2)C[C@@H]2[C@@H](/C=C(/C)C(=O)[C@@]3(OC(C)=O)C[C@H](C)[C@H](OC(=O)c4ccccc4)[C@@H]3[C@H]1OC(C)=O)C2(C)C. The fourth-order valence-electron chi connectivity index (χ4n) is 7.64. The molecule has 0 N–H and O–H groups in total. The zero-order valence-electron chi connectivity index (χ0n) is 27.7. The van der Waals surface area contributed by atoms with Gasteiger partial charge in [0.2, 0.25) is 5.78 Å². The maximum absolute atomic E-state index is 14.7. The summed E-state index contributed by atoms with van der Waals surface area (Å²) >= 11 is 0. The summed E-state index contributed by atoms with van der Waals surface area (Å²) in [5.41, 5.74) is -0.942. The Morgan fingerprint density at radius 3 is 1.91 bits per heavy atom. The number of carbonyl (C=O) groups is 5. The Morgan fingerprint density at radius 1 is 0.830 bits per heavy atom. The molecule has 2 saturated carbocycles. The van der Waals surface area contributed by atoms with Crippen LogP contribution in [-0.4, -0.2) is 53.6 Å². The van der Waals surface area contributed by atoms with E-state index >= 15 is 0 Å². The molecule has 8 atom stereocenters. The van der Waals surface area contributed by atoms with Gasteiger partial charge in [-0.3, -0.25) is 14.4 Å². The van der Waals surface area contributed by atoms with E-state index < -0.39 is 65.4 Å². The van der Waals surface area contributed by atoms with E-state index in [2.05, 4.69) is 20.4 Å². The predicted molar refractivity (Wildman–Crippen MR) is 172 cm³/mol. The summed E-state index contributed by atoms with van der Waals surface area (Å²) in [5, 5.41) is 0. The molecule has 2 fully saturated rings. The molecular formula is C38H42O9. The van der Waals surface area contributed by atoms with E-state index in [0.717, 1.165) is 0 Å². The van der Waals surface area contributed by atoms with Crippen molar-refractivity contribution in [3.8, 4) is 0 Å². The molecule has 2 aromatic rings. The van der Waals surface area contributed by atoms with Gasteiger partial charge in [-0.2, -0.15) is 0 Å². The Kier molecular flexibility index (Phi) is 9.31. The van der Waals surface area contributed by atoms with Crippen molar-refractivity contribution in [2.75, 3.05) is 0 Å². The van der Waals surface area contributed by atoms with Crippen LogP contribution in [0.3, 0.4) is 0 Å². The van der Waals surface area contributed by atoms with Crippen LogP contribution in [0.2, 0.25) is 0 Å². The minimum Gasteiger partial charge on any atom is -0.458 e. The highest BCUT2D eigenvalue weighted by atomic mass is 16.6. The Balaban J connectivity index is 1.68. The maximum atomic E-state index is 14.7. The van der Waals surface area contributed by atoms with Crippen LogP contribution in [-0.2, 0) is 33.3 Å². The summed E-state index contributed by atoms with van der Waals surface area (Å²) in [5.74, 6) is -4.93. The van der Waals surface area contributed by atoms with Crippen LogP contribution in [0.5, 0.6) is 0 Å². The van der Waals surface area contributed by atoms with E-state index in [1.807, 2.05) is 6.08 Å². The third-order valence-electron chi connectivity index (χ3n) is 10.1. The lowest BCUT2D eigenvalue weighted by Gasteiger charge is -2.40. The van der Waals surface area contributed by atoms with Crippen molar-refractivity contribution in [1.82, 2.24) is 0 Å². The number of hydrogen-bond acceptors (Lipinski definition) is 9. The second-order valence-corrected chi connectivity index (χ2v) is 13.7. The Bertz CT molecular complexity index is 1610. The molecule has 9 nitrogen and oxygen atoms in total. The Labute approximate surface area is 275 Å². The van der Waals surface area contributed by atoms with Gasteiger partial charge in [0.05, 0.1) is 17.0 Å². The average Bonchev–Trinajstić information content (AvgIpc) is 3.41. The van der Waals surface area contributed by atoms with Gasteiger partial charge in [0.25, 0.3) is 0 Å². The van der Waals surface area contributed by atoms with Crippen LogP contribution in [0.25, 0.3) is 0 Å². The highest BCUT2D eigenvalue weighted by Crippen LogP contribution is 2.63. The van der Waals surface area contributed by atoms with Crippen molar-refractivity contribution in [3.05, 3.63) is 95.6 Å². The van der Waals surface area contributed by atoms with E-state index in [1.165, 1.54) is 13.8 Å². The second-order valence-electron chi connectivity index (χ2n) is 13.7. The number of hydrogen-bond donors (Lipinski definition) is 0. The molecule has 0 amide bonds. The molecule has 3 aliphatic carbocycles. The first-order valence-corrected chi connectivity index (χ1v) is 16.0. The lowest BCUT2D eigenvalue weighted by Crippen LogP contribution is -2.55. The third kappa shape index (κ3) is 6.53. The van der Waals surface area contributed by atoms with Crippen molar-refractivity contribution in [2.45, 2.75) is 78.3 Å². The van der Waals surface area contributed by atoms with Crippen LogP contribution in [0.4, 0.5) is 0 Å². The molecule has 0 radical (unpaired) electrons. The number of rotatable bonds is 6. The summed E-state index contributed by atoms with van der Waals surface area (Å²) in [4.78, 5) is 67.3. The molecule has 0 aromatic heterocycles. The minimum atomic E-state index is -1.89. The fourth-order valence-corrected chi connectivity index (χ4v) is 7.64. The van der Waals surface area contributed by atoms with Gasteiger partial charge in [0, 0.05) is 25.8 Å². The van der Waals surface area contributed by atoms with Gasteiger partial charge < -0.3 is 18.9 Å². The van der Waals surface area contributed by atoms with Gasteiger partial charge >= 0.3 is 23.9 Å². The first kappa shape index (κ1) is 33.8. The molecule has 0 spiro atoms. The van der Waals surface area contributed by atoms with Crippen molar-refractivity contribution in [1.29, 1.82) is 0 Å². The third-order valence-corrected chi connectivity index (χ3v) is 10.1. The maximum Gasteiger partial charge on any atom is 0.338 e. The monoisotopic (exact) mass is 642 g/mol. The zero-order valence-corrected chi connectivity index (χ0v) is 27.7. The molecule has 0 heterocycles. The number of Topliss-reactive ketones (excluding diaryl/α,β-unsaturated/α-hetero) is 1. The normalized spacial score (nSPS) is 32.3. The smallest absolute Gasteiger partial charge is 0.338 e. The lowest BCUT2D eigenvalue weighted by molar-refractivity contribution is -0.179. The standard InChI is InChI=1S/C38H42O9/c1-21-18-28-29(37(28,6)7)19-30(45-35(42)26-14-10-8-11-15-26)23(3)33(44-24(4)39)31-32(46-36(43)27-16-12-9-13-17-27)22(2)20-38(31,34(21)41)47-25(5)40/h8-18,22,28-33H,3,19-20H2,1-2,4-7H3/b21-18-/t22-,28+,29+,30+,31+,32-,33-,38+/m0/s1. The molecule has 0 unspecified atom stereocenters. The first-order chi connectivity index (χ1) is 22.2. The second kappa shape index (κ2) is 12.9. The number of carbonyl (C=O) groups excluding carboxylic acids is 5. The molecule has 0 aliphatic heterocycles.